The molecule has 0 bridgehead atoms. The van der Waals surface area contributed by atoms with E-state index in [2.05, 4.69) is 25.5 Å². The second-order valence-corrected chi connectivity index (χ2v) is 7.96. The lowest BCUT2D eigenvalue weighted by atomic mass is 10.0. The number of nitrogens with one attached hydrogen (secondary N) is 1. The molecular formula is C24H22N6O3. The number of carbonyl (C=O) groups excluding carboxylic acids is 1. The molecule has 5 aromatic rings. The van der Waals surface area contributed by atoms with Crippen LogP contribution in [0.2, 0.25) is 0 Å². The Morgan fingerprint density at radius 2 is 1.91 bits per heavy atom. The Bertz CT molecular complexity index is 1450. The van der Waals surface area contributed by atoms with Crippen molar-refractivity contribution in [3.63, 3.8) is 0 Å². The second-order valence-electron chi connectivity index (χ2n) is 7.96. The summed E-state index contributed by atoms with van der Waals surface area (Å²) < 4.78 is 12.7. The summed E-state index contributed by atoms with van der Waals surface area (Å²) in [5.41, 5.74) is 4.65. The lowest BCUT2D eigenvalue weighted by Crippen LogP contribution is -2.27. The SMILES string of the molecule is Cc1cc(-c2cc(C(=O)NC(C)c3ccc(-n4cncn4)cc3)c3c(C)noc3n2)c(C)o1. The fourth-order valence-corrected chi connectivity index (χ4v) is 3.91. The van der Waals surface area contributed by atoms with Crippen LogP contribution in [0, 0.1) is 20.8 Å². The fraction of sp³-hybridized carbons (Fsp3) is 0.208. The number of pyridine rings is 1. The van der Waals surface area contributed by atoms with Crippen LogP contribution in [0.3, 0.4) is 0 Å². The Morgan fingerprint density at radius 3 is 2.58 bits per heavy atom. The van der Waals surface area contributed by atoms with Gasteiger partial charge in [0, 0.05) is 5.56 Å². The van der Waals surface area contributed by atoms with Crippen LogP contribution in [0.4, 0.5) is 0 Å². The van der Waals surface area contributed by atoms with Crippen LogP contribution in [-0.4, -0.2) is 30.8 Å². The van der Waals surface area contributed by atoms with E-state index < -0.39 is 0 Å². The molecule has 1 unspecified atom stereocenters. The largest absolute Gasteiger partial charge is 0.466 e. The molecule has 5 rings (SSSR count). The minimum atomic E-state index is -0.235. The van der Waals surface area contributed by atoms with Crippen molar-refractivity contribution in [3.05, 3.63) is 77.4 Å². The Hall–Kier alpha value is -4.27. The first-order valence-corrected chi connectivity index (χ1v) is 10.5. The highest BCUT2D eigenvalue weighted by Gasteiger charge is 2.22. The van der Waals surface area contributed by atoms with Crippen molar-refractivity contribution in [2.45, 2.75) is 33.7 Å². The number of benzene rings is 1. The second kappa shape index (κ2) is 8.01. The van der Waals surface area contributed by atoms with E-state index in [1.165, 1.54) is 6.33 Å². The number of carbonyl (C=O) groups is 1. The first-order chi connectivity index (χ1) is 15.9. The van der Waals surface area contributed by atoms with E-state index in [1.807, 2.05) is 51.1 Å². The molecule has 0 spiro atoms. The van der Waals surface area contributed by atoms with Gasteiger partial charge in [-0.3, -0.25) is 4.79 Å². The van der Waals surface area contributed by atoms with E-state index in [0.29, 0.717) is 28.1 Å². The van der Waals surface area contributed by atoms with Crippen molar-refractivity contribution in [2.75, 3.05) is 0 Å². The predicted octanol–water partition coefficient (Wildman–Crippen LogP) is 4.48. The fourth-order valence-electron chi connectivity index (χ4n) is 3.91. The van der Waals surface area contributed by atoms with Crippen LogP contribution in [-0.2, 0) is 0 Å². The van der Waals surface area contributed by atoms with Crippen LogP contribution < -0.4 is 5.32 Å². The highest BCUT2D eigenvalue weighted by Crippen LogP contribution is 2.30. The summed E-state index contributed by atoms with van der Waals surface area (Å²) in [7, 11) is 0. The van der Waals surface area contributed by atoms with Gasteiger partial charge in [-0.05, 0) is 57.5 Å². The molecule has 0 aliphatic rings. The van der Waals surface area contributed by atoms with E-state index in [4.69, 9.17) is 8.94 Å². The van der Waals surface area contributed by atoms with Gasteiger partial charge in [0.1, 0.15) is 24.2 Å². The van der Waals surface area contributed by atoms with Crippen LogP contribution in [0.25, 0.3) is 28.0 Å². The van der Waals surface area contributed by atoms with E-state index in [-0.39, 0.29) is 11.9 Å². The average Bonchev–Trinajstić information content (AvgIpc) is 3.54. The standard InChI is InChI=1S/C24H22N6O3/c1-13-9-19(16(4)32-13)21-10-20(22-15(3)29-33-24(22)28-21)23(31)27-14(2)17-5-7-18(8-6-17)30-12-25-11-26-30/h5-12,14H,1-4H3,(H,27,31). The minimum Gasteiger partial charge on any atom is -0.466 e. The maximum absolute atomic E-state index is 13.4. The topological polar surface area (TPSA) is 112 Å². The van der Waals surface area contributed by atoms with Crippen molar-refractivity contribution in [2.24, 2.45) is 0 Å². The van der Waals surface area contributed by atoms with Gasteiger partial charge in [-0.15, -0.1) is 0 Å². The normalized spacial score (nSPS) is 12.2. The van der Waals surface area contributed by atoms with E-state index >= 15 is 0 Å². The van der Waals surface area contributed by atoms with Crippen LogP contribution >= 0.6 is 0 Å². The molecule has 0 radical (unpaired) electrons. The van der Waals surface area contributed by atoms with E-state index in [0.717, 1.165) is 28.3 Å². The third-order valence-corrected chi connectivity index (χ3v) is 5.60. The van der Waals surface area contributed by atoms with Gasteiger partial charge in [-0.1, -0.05) is 17.3 Å². The number of nitrogens with zero attached hydrogens (tertiary/aromatic N) is 5. The molecule has 9 nitrogen and oxygen atoms in total. The van der Waals surface area contributed by atoms with Gasteiger partial charge >= 0.3 is 0 Å². The van der Waals surface area contributed by atoms with E-state index in [1.54, 1.807) is 24.0 Å². The number of aromatic nitrogens is 5. The van der Waals surface area contributed by atoms with Gasteiger partial charge in [-0.25, -0.2) is 14.6 Å². The minimum absolute atomic E-state index is 0.230. The molecule has 4 heterocycles. The molecule has 0 fully saturated rings. The Balaban J connectivity index is 1.46. The summed E-state index contributed by atoms with van der Waals surface area (Å²) in [4.78, 5) is 21.9. The Labute approximate surface area is 189 Å². The first-order valence-electron chi connectivity index (χ1n) is 10.5. The molecule has 0 saturated carbocycles. The zero-order valence-corrected chi connectivity index (χ0v) is 18.7. The number of aryl methyl sites for hydroxylation is 3. The third kappa shape index (κ3) is 3.78. The number of hydrogen-bond acceptors (Lipinski definition) is 7. The Kier molecular flexibility index (Phi) is 5.01. The highest BCUT2D eigenvalue weighted by molar-refractivity contribution is 6.07. The first kappa shape index (κ1) is 20.6. The highest BCUT2D eigenvalue weighted by atomic mass is 16.5. The summed E-state index contributed by atoms with van der Waals surface area (Å²) >= 11 is 0. The monoisotopic (exact) mass is 442 g/mol. The zero-order chi connectivity index (χ0) is 23.1. The summed E-state index contributed by atoms with van der Waals surface area (Å²) in [5.74, 6) is 1.26. The molecule has 4 aromatic heterocycles. The summed E-state index contributed by atoms with van der Waals surface area (Å²) in [5, 5.41) is 11.8. The quantitative estimate of drug-likeness (QED) is 0.427. The summed E-state index contributed by atoms with van der Waals surface area (Å²) in [6.45, 7) is 7.47. The van der Waals surface area contributed by atoms with Gasteiger partial charge < -0.3 is 14.3 Å². The number of furan rings is 1. The summed E-state index contributed by atoms with van der Waals surface area (Å²) in [6, 6.07) is 11.2. The van der Waals surface area contributed by atoms with Gasteiger partial charge in [0.2, 0.25) is 0 Å². The third-order valence-electron chi connectivity index (χ3n) is 5.60. The van der Waals surface area contributed by atoms with Gasteiger partial charge in [0.15, 0.2) is 0 Å². The lowest BCUT2D eigenvalue weighted by molar-refractivity contribution is 0.0941. The number of hydrogen-bond donors (Lipinski definition) is 1. The number of rotatable bonds is 5. The molecule has 1 aromatic carbocycles. The lowest BCUT2D eigenvalue weighted by Gasteiger charge is -2.16. The molecule has 9 heteroatoms. The maximum Gasteiger partial charge on any atom is 0.259 e. The average molecular weight is 442 g/mol. The molecule has 1 N–H and O–H groups in total. The number of amides is 1. The predicted molar refractivity (Wildman–Crippen MR) is 121 cm³/mol. The molecular weight excluding hydrogens is 420 g/mol. The Morgan fingerprint density at radius 1 is 1.12 bits per heavy atom. The molecule has 33 heavy (non-hydrogen) atoms. The molecule has 0 aliphatic heterocycles. The molecule has 166 valence electrons. The number of fused-ring (bicyclic) bond motifs is 1. The van der Waals surface area contributed by atoms with E-state index in [9.17, 15) is 4.79 Å². The maximum atomic E-state index is 13.4. The molecule has 1 atom stereocenters. The van der Waals surface area contributed by atoms with Crippen molar-refractivity contribution < 1.29 is 13.7 Å². The zero-order valence-electron chi connectivity index (χ0n) is 18.7. The smallest absolute Gasteiger partial charge is 0.259 e. The van der Waals surface area contributed by atoms with Crippen LogP contribution in [0.5, 0.6) is 0 Å². The molecule has 0 saturated heterocycles. The van der Waals surface area contributed by atoms with Crippen molar-refractivity contribution in [3.8, 4) is 16.9 Å². The van der Waals surface area contributed by atoms with Gasteiger partial charge in [0.05, 0.1) is 34.1 Å². The molecule has 0 aliphatic carbocycles. The van der Waals surface area contributed by atoms with Crippen molar-refractivity contribution in [1.82, 2.24) is 30.2 Å². The summed E-state index contributed by atoms with van der Waals surface area (Å²) in [6.07, 6.45) is 3.12. The van der Waals surface area contributed by atoms with Gasteiger partial charge in [0.25, 0.3) is 11.6 Å². The van der Waals surface area contributed by atoms with Crippen LogP contribution in [0.1, 0.15) is 46.1 Å². The van der Waals surface area contributed by atoms with Gasteiger partial charge in [-0.2, -0.15) is 5.10 Å². The van der Waals surface area contributed by atoms with Crippen molar-refractivity contribution in [1.29, 1.82) is 0 Å². The van der Waals surface area contributed by atoms with Crippen molar-refractivity contribution >= 4 is 17.0 Å². The van der Waals surface area contributed by atoms with Crippen LogP contribution in [0.15, 0.2) is 58.0 Å². The molecule has 1 amide bonds.